The molecule has 0 radical (unpaired) electrons. The molecule has 4 nitrogen and oxygen atoms in total. The van der Waals surface area contributed by atoms with Crippen LogP contribution in [0, 0.1) is 0 Å². The fourth-order valence-electron chi connectivity index (χ4n) is 4.01. The molecule has 1 N–H and O–H groups in total. The van der Waals surface area contributed by atoms with Crippen molar-refractivity contribution in [1.29, 1.82) is 0 Å². The fourth-order valence-corrected chi connectivity index (χ4v) is 4.01. The molecule has 4 heteroatoms. The van der Waals surface area contributed by atoms with Crippen LogP contribution in [0.4, 0.5) is 5.82 Å². The predicted molar refractivity (Wildman–Crippen MR) is 81.0 cm³/mol. The second kappa shape index (κ2) is 4.77. The first-order valence-corrected chi connectivity index (χ1v) is 7.72. The van der Waals surface area contributed by atoms with E-state index in [1.54, 1.807) is 0 Å². The van der Waals surface area contributed by atoms with Gasteiger partial charge in [0.1, 0.15) is 11.5 Å². The normalized spacial score (nSPS) is 30.6. The van der Waals surface area contributed by atoms with Gasteiger partial charge in [-0.25, -0.2) is 4.98 Å². The van der Waals surface area contributed by atoms with E-state index in [0.717, 1.165) is 17.7 Å². The first-order chi connectivity index (χ1) is 9.81. The monoisotopic (exact) mass is 270 g/mol. The topological polar surface area (TPSA) is 32.6 Å². The number of fused-ring (bicyclic) bond motifs is 3. The highest BCUT2D eigenvalue weighted by Gasteiger charge is 2.35. The lowest BCUT2D eigenvalue weighted by Gasteiger charge is -2.47. The smallest absolute Gasteiger partial charge is 0.138 e. The van der Waals surface area contributed by atoms with Gasteiger partial charge in [0.25, 0.3) is 0 Å². The molecule has 2 aliphatic heterocycles. The number of nitrogens with one attached hydrogen (secondary N) is 1. The maximum absolute atomic E-state index is 4.36. The highest BCUT2D eigenvalue weighted by Crippen LogP contribution is 2.33. The van der Waals surface area contributed by atoms with Crippen molar-refractivity contribution >= 4 is 11.5 Å². The number of hydrogen-bond acceptors (Lipinski definition) is 3. The largest absolute Gasteiger partial charge is 0.368 e. The van der Waals surface area contributed by atoms with Crippen LogP contribution >= 0.6 is 0 Å². The Morgan fingerprint density at radius 1 is 1.20 bits per heavy atom. The van der Waals surface area contributed by atoms with E-state index in [1.807, 2.05) is 12.4 Å². The van der Waals surface area contributed by atoms with Gasteiger partial charge in [0.05, 0.1) is 0 Å². The summed E-state index contributed by atoms with van der Waals surface area (Å²) in [5.74, 6) is 1.17. The number of imidazole rings is 1. The van der Waals surface area contributed by atoms with Gasteiger partial charge in [0.2, 0.25) is 0 Å². The van der Waals surface area contributed by atoms with E-state index in [9.17, 15) is 0 Å². The molecule has 0 saturated carbocycles. The number of pyridine rings is 1. The molecule has 0 spiro atoms. The van der Waals surface area contributed by atoms with Crippen LogP contribution in [0.2, 0.25) is 0 Å². The van der Waals surface area contributed by atoms with Gasteiger partial charge in [-0.15, -0.1) is 0 Å². The molecule has 0 aromatic carbocycles. The highest BCUT2D eigenvalue weighted by molar-refractivity contribution is 5.50. The third-order valence-corrected chi connectivity index (χ3v) is 5.12. The molecular formula is C16H22N4. The molecule has 2 unspecified atom stereocenters. The van der Waals surface area contributed by atoms with Crippen LogP contribution < -0.4 is 5.32 Å². The highest BCUT2D eigenvalue weighted by atomic mass is 15.2. The van der Waals surface area contributed by atoms with E-state index in [-0.39, 0.29) is 0 Å². The minimum Gasteiger partial charge on any atom is -0.368 e. The number of anilines is 1. The van der Waals surface area contributed by atoms with Crippen molar-refractivity contribution in [3.63, 3.8) is 0 Å². The molecule has 2 bridgehead atoms. The van der Waals surface area contributed by atoms with Crippen molar-refractivity contribution in [2.45, 2.75) is 50.2 Å². The summed E-state index contributed by atoms with van der Waals surface area (Å²) in [6, 6.07) is 8.41. The molecule has 106 valence electrons. The number of piperidine rings is 2. The van der Waals surface area contributed by atoms with Crippen molar-refractivity contribution in [2.75, 3.05) is 12.4 Å². The lowest BCUT2D eigenvalue weighted by Crippen LogP contribution is -2.52. The molecule has 2 aromatic rings. The summed E-state index contributed by atoms with van der Waals surface area (Å²) < 4.78 is 2.15. The number of nitrogens with zero attached hydrogens (tertiary/aromatic N) is 3. The molecule has 2 aliphatic rings. The molecule has 2 saturated heterocycles. The summed E-state index contributed by atoms with van der Waals surface area (Å²) in [6.45, 7) is 0. The Morgan fingerprint density at radius 3 is 2.80 bits per heavy atom. The van der Waals surface area contributed by atoms with Crippen molar-refractivity contribution < 1.29 is 0 Å². The van der Waals surface area contributed by atoms with Crippen LogP contribution in [0.5, 0.6) is 0 Å². The van der Waals surface area contributed by atoms with Crippen LogP contribution in [0.25, 0.3) is 5.65 Å². The molecule has 2 fully saturated rings. The minimum absolute atomic E-state index is 0.592. The summed E-state index contributed by atoms with van der Waals surface area (Å²) in [5.41, 5.74) is 1.02. The average molecular weight is 270 g/mol. The summed E-state index contributed by atoms with van der Waals surface area (Å²) in [6.07, 6.45) is 10.6. The van der Waals surface area contributed by atoms with Gasteiger partial charge in [-0.3, -0.25) is 4.40 Å². The van der Waals surface area contributed by atoms with Gasteiger partial charge >= 0.3 is 0 Å². The minimum atomic E-state index is 0.592. The number of hydrogen-bond donors (Lipinski definition) is 1. The van der Waals surface area contributed by atoms with Crippen LogP contribution in [0.3, 0.4) is 0 Å². The van der Waals surface area contributed by atoms with Crippen molar-refractivity contribution in [3.05, 3.63) is 30.6 Å². The maximum Gasteiger partial charge on any atom is 0.138 e. The van der Waals surface area contributed by atoms with Crippen molar-refractivity contribution in [1.82, 2.24) is 14.3 Å². The lowest BCUT2D eigenvalue weighted by molar-refractivity contribution is 0.0607. The van der Waals surface area contributed by atoms with Gasteiger partial charge in [-0.2, -0.15) is 0 Å². The zero-order chi connectivity index (χ0) is 13.5. The summed E-state index contributed by atoms with van der Waals surface area (Å²) in [5, 5.41) is 3.76. The second-order valence-corrected chi connectivity index (χ2v) is 6.28. The van der Waals surface area contributed by atoms with E-state index >= 15 is 0 Å². The van der Waals surface area contributed by atoms with Crippen LogP contribution in [-0.4, -0.2) is 39.5 Å². The maximum atomic E-state index is 4.36. The van der Waals surface area contributed by atoms with Crippen LogP contribution in [0.1, 0.15) is 32.1 Å². The lowest BCUT2D eigenvalue weighted by atomic mass is 9.82. The Hall–Kier alpha value is -1.55. The molecular weight excluding hydrogens is 248 g/mol. The van der Waals surface area contributed by atoms with Gasteiger partial charge in [0.15, 0.2) is 0 Å². The molecule has 4 rings (SSSR count). The second-order valence-electron chi connectivity index (χ2n) is 6.28. The Morgan fingerprint density at radius 2 is 2.00 bits per heavy atom. The van der Waals surface area contributed by atoms with E-state index in [1.165, 1.54) is 37.9 Å². The molecule has 2 aromatic heterocycles. The van der Waals surface area contributed by atoms with Gasteiger partial charge < -0.3 is 10.2 Å². The number of rotatable bonds is 2. The molecule has 20 heavy (non-hydrogen) atoms. The van der Waals surface area contributed by atoms with Gasteiger partial charge in [0, 0.05) is 30.5 Å². The van der Waals surface area contributed by atoms with E-state index in [4.69, 9.17) is 0 Å². The number of aromatic nitrogens is 2. The Labute approximate surface area is 119 Å². The van der Waals surface area contributed by atoms with Crippen LogP contribution in [0.15, 0.2) is 30.6 Å². The molecule has 0 aliphatic carbocycles. The van der Waals surface area contributed by atoms with E-state index in [0.29, 0.717) is 6.04 Å². The Balaban J connectivity index is 1.56. The van der Waals surface area contributed by atoms with Crippen LogP contribution in [-0.2, 0) is 0 Å². The summed E-state index contributed by atoms with van der Waals surface area (Å²) in [7, 11) is 2.31. The zero-order valence-electron chi connectivity index (χ0n) is 12.0. The van der Waals surface area contributed by atoms with Gasteiger partial charge in [-0.1, -0.05) is 12.5 Å². The first kappa shape index (κ1) is 12.2. The Kier molecular flexibility index (Phi) is 2.91. The molecule has 0 amide bonds. The van der Waals surface area contributed by atoms with E-state index < -0.39 is 0 Å². The Bertz CT molecular complexity index is 591. The van der Waals surface area contributed by atoms with Crippen molar-refractivity contribution in [3.8, 4) is 0 Å². The quantitative estimate of drug-likeness (QED) is 0.911. The predicted octanol–water partition coefficient (Wildman–Crippen LogP) is 2.76. The summed E-state index contributed by atoms with van der Waals surface area (Å²) in [4.78, 5) is 6.97. The fraction of sp³-hybridized carbons (Fsp3) is 0.562. The zero-order valence-corrected chi connectivity index (χ0v) is 12.0. The molecule has 4 heterocycles. The third kappa shape index (κ3) is 1.99. The van der Waals surface area contributed by atoms with Gasteiger partial charge in [-0.05, 0) is 44.9 Å². The summed E-state index contributed by atoms with van der Waals surface area (Å²) >= 11 is 0. The third-order valence-electron chi connectivity index (χ3n) is 5.12. The average Bonchev–Trinajstić information content (AvgIpc) is 2.89. The first-order valence-electron chi connectivity index (χ1n) is 7.72. The molecule has 2 atom stereocenters. The standard InChI is InChI=1S/C16H22N4/c1-19-13-4-2-5-14(19)11-12(10-13)18-16-7-3-6-15-17-8-9-20(15)16/h3,6-9,12-14,18H,2,4-5,10-11H2,1H3. The SMILES string of the molecule is CN1C2CCCC1CC(Nc1cccc3nccn13)C2. The van der Waals surface area contributed by atoms with E-state index in [2.05, 4.69) is 44.8 Å². The van der Waals surface area contributed by atoms with Crippen molar-refractivity contribution in [2.24, 2.45) is 0 Å².